The Morgan fingerprint density at radius 1 is 1.06 bits per heavy atom. The second-order valence-corrected chi connectivity index (χ2v) is 6.69. The molecule has 0 radical (unpaired) electrons. The molecule has 0 bridgehead atoms. The van der Waals surface area contributed by atoms with E-state index in [0.717, 1.165) is 14.5 Å². The summed E-state index contributed by atoms with van der Waals surface area (Å²) in [6, 6.07) is 11.3. The van der Waals surface area contributed by atoms with Gasteiger partial charge in [-0.2, -0.15) is 0 Å². The molecule has 0 N–H and O–H groups in total. The van der Waals surface area contributed by atoms with Gasteiger partial charge in [0.15, 0.2) is 0 Å². The third-order valence-electron chi connectivity index (χ3n) is 2.73. The number of alkyl halides is 1. The highest BCUT2D eigenvalue weighted by Gasteiger charge is 2.18. The maximum absolute atomic E-state index is 14.1. The minimum atomic E-state index is -0.177. The molecule has 0 saturated carbocycles. The molecule has 1 atom stereocenters. The van der Waals surface area contributed by atoms with Crippen LogP contribution in [0.3, 0.4) is 0 Å². The van der Waals surface area contributed by atoms with Crippen LogP contribution in [-0.2, 0) is 0 Å². The van der Waals surface area contributed by atoms with Crippen LogP contribution in [-0.4, -0.2) is 0 Å². The fraction of sp³-hybridized carbons (Fsp3) is 0.143. The SMILES string of the molecule is Cc1cccc(C(Br)c2cc(Br)ccc2Br)c1F. The van der Waals surface area contributed by atoms with E-state index in [2.05, 4.69) is 47.8 Å². The molecule has 0 spiro atoms. The fourth-order valence-electron chi connectivity index (χ4n) is 1.74. The maximum Gasteiger partial charge on any atom is 0.130 e. The van der Waals surface area contributed by atoms with Crippen LogP contribution in [0.1, 0.15) is 21.5 Å². The molecule has 2 aromatic carbocycles. The molecule has 0 nitrogen and oxygen atoms in total. The van der Waals surface area contributed by atoms with E-state index in [1.807, 2.05) is 24.3 Å². The van der Waals surface area contributed by atoms with E-state index in [4.69, 9.17) is 0 Å². The van der Waals surface area contributed by atoms with Crippen LogP contribution in [0.2, 0.25) is 0 Å². The summed E-state index contributed by atoms with van der Waals surface area (Å²) in [5.74, 6) is -0.161. The molecule has 94 valence electrons. The first-order valence-corrected chi connectivity index (χ1v) is 7.85. The van der Waals surface area contributed by atoms with Crippen molar-refractivity contribution < 1.29 is 4.39 Å². The van der Waals surface area contributed by atoms with Gasteiger partial charge >= 0.3 is 0 Å². The van der Waals surface area contributed by atoms with Crippen LogP contribution in [0.15, 0.2) is 45.3 Å². The zero-order valence-corrected chi connectivity index (χ0v) is 14.3. The number of rotatable bonds is 2. The third kappa shape index (κ3) is 2.86. The van der Waals surface area contributed by atoms with Crippen LogP contribution in [0.5, 0.6) is 0 Å². The molecule has 4 heteroatoms. The first-order valence-electron chi connectivity index (χ1n) is 5.34. The van der Waals surface area contributed by atoms with E-state index in [9.17, 15) is 4.39 Å². The molecule has 2 aromatic rings. The number of halogens is 4. The molecule has 0 saturated heterocycles. The maximum atomic E-state index is 14.1. The average Bonchev–Trinajstić information content (AvgIpc) is 2.35. The zero-order chi connectivity index (χ0) is 13.3. The van der Waals surface area contributed by atoms with E-state index in [-0.39, 0.29) is 10.6 Å². The molecule has 0 aliphatic carbocycles. The molecule has 0 fully saturated rings. The predicted molar refractivity (Wildman–Crippen MR) is 83.7 cm³/mol. The summed E-state index contributed by atoms with van der Waals surface area (Å²) in [4.78, 5) is -0.177. The molecular weight excluding hydrogens is 427 g/mol. The Hall–Kier alpha value is -0.190. The Morgan fingerprint density at radius 2 is 1.78 bits per heavy atom. The molecule has 2 rings (SSSR count). The smallest absolute Gasteiger partial charge is 0.130 e. The van der Waals surface area contributed by atoms with E-state index >= 15 is 0 Å². The summed E-state index contributed by atoms with van der Waals surface area (Å²) in [6.45, 7) is 1.77. The molecule has 18 heavy (non-hydrogen) atoms. The standard InChI is InChI=1S/C14H10Br3F/c1-8-3-2-4-10(14(8)18)13(17)11-7-9(15)5-6-12(11)16/h2-7,13H,1H3. The summed E-state index contributed by atoms with van der Waals surface area (Å²) in [7, 11) is 0. The molecule has 0 heterocycles. The van der Waals surface area contributed by atoms with E-state index < -0.39 is 0 Å². The number of benzene rings is 2. The minimum Gasteiger partial charge on any atom is -0.206 e. The van der Waals surface area contributed by atoms with Gasteiger partial charge in [0.2, 0.25) is 0 Å². The van der Waals surface area contributed by atoms with Crippen molar-refractivity contribution in [2.24, 2.45) is 0 Å². The molecule has 0 aromatic heterocycles. The van der Waals surface area contributed by atoms with Crippen molar-refractivity contribution in [3.8, 4) is 0 Å². The summed E-state index contributed by atoms with van der Waals surface area (Å²) < 4.78 is 16.0. The van der Waals surface area contributed by atoms with E-state index in [1.54, 1.807) is 19.1 Å². The molecule has 0 aliphatic rings. The average molecular weight is 437 g/mol. The second-order valence-electron chi connectivity index (χ2n) is 4.01. The van der Waals surface area contributed by atoms with Gasteiger partial charge in [-0.3, -0.25) is 0 Å². The normalized spacial score (nSPS) is 12.5. The van der Waals surface area contributed by atoms with Crippen LogP contribution < -0.4 is 0 Å². The van der Waals surface area contributed by atoms with Gasteiger partial charge in [0.1, 0.15) is 5.82 Å². The van der Waals surface area contributed by atoms with Crippen LogP contribution in [0, 0.1) is 12.7 Å². The highest BCUT2D eigenvalue weighted by molar-refractivity contribution is 9.11. The van der Waals surface area contributed by atoms with E-state index in [0.29, 0.717) is 11.1 Å². The number of hydrogen-bond donors (Lipinski definition) is 0. The lowest BCUT2D eigenvalue weighted by molar-refractivity contribution is 0.604. The van der Waals surface area contributed by atoms with Gasteiger partial charge in [0.25, 0.3) is 0 Å². The van der Waals surface area contributed by atoms with Crippen molar-refractivity contribution in [1.29, 1.82) is 0 Å². The van der Waals surface area contributed by atoms with Crippen LogP contribution in [0.4, 0.5) is 4.39 Å². The van der Waals surface area contributed by atoms with Crippen molar-refractivity contribution in [3.05, 3.63) is 67.9 Å². The minimum absolute atomic E-state index is 0.161. The monoisotopic (exact) mass is 434 g/mol. The van der Waals surface area contributed by atoms with Crippen molar-refractivity contribution in [3.63, 3.8) is 0 Å². The van der Waals surface area contributed by atoms with Crippen molar-refractivity contribution in [1.82, 2.24) is 0 Å². The quantitative estimate of drug-likeness (QED) is 0.496. The van der Waals surface area contributed by atoms with Crippen molar-refractivity contribution in [2.75, 3.05) is 0 Å². The summed E-state index contributed by atoms with van der Waals surface area (Å²) in [6.07, 6.45) is 0. The third-order valence-corrected chi connectivity index (χ3v) is 4.93. The highest BCUT2D eigenvalue weighted by Crippen LogP contribution is 2.38. The first kappa shape index (κ1) is 14.2. The van der Waals surface area contributed by atoms with Gasteiger partial charge in [-0.05, 0) is 36.2 Å². The Labute approximate surface area is 131 Å². The lowest BCUT2D eigenvalue weighted by Gasteiger charge is -2.15. The van der Waals surface area contributed by atoms with Gasteiger partial charge in [-0.25, -0.2) is 4.39 Å². The lowest BCUT2D eigenvalue weighted by Crippen LogP contribution is -1.99. The Balaban J connectivity index is 2.51. The van der Waals surface area contributed by atoms with Gasteiger partial charge in [0, 0.05) is 14.5 Å². The summed E-state index contributed by atoms with van der Waals surface area (Å²) in [5, 5.41) is 0. The fourth-order valence-corrected chi connectivity index (χ4v) is 3.64. The van der Waals surface area contributed by atoms with Crippen LogP contribution in [0.25, 0.3) is 0 Å². The Bertz CT molecular complexity index is 579. The van der Waals surface area contributed by atoms with Crippen molar-refractivity contribution in [2.45, 2.75) is 11.8 Å². The van der Waals surface area contributed by atoms with E-state index in [1.165, 1.54) is 0 Å². The molecule has 1 unspecified atom stereocenters. The largest absolute Gasteiger partial charge is 0.206 e. The topological polar surface area (TPSA) is 0 Å². The zero-order valence-electron chi connectivity index (χ0n) is 9.55. The van der Waals surface area contributed by atoms with Crippen LogP contribution >= 0.6 is 47.8 Å². The van der Waals surface area contributed by atoms with Gasteiger partial charge < -0.3 is 0 Å². The molecule has 0 amide bonds. The molecular formula is C14H10Br3F. The first-order chi connectivity index (χ1) is 8.50. The van der Waals surface area contributed by atoms with Gasteiger partial charge in [-0.15, -0.1) is 0 Å². The predicted octanol–water partition coefficient (Wildman–Crippen LogP) is 6.14. The van der Waals surface area contributed by atoms with Crippen molar-refractivity contribution >= 4 is 47.8 Å². The van der Waals surface area contributed by atoms with Gasteiger partial charge in [0.05, 0.1) is 4.83 Å². The Morgan fingerprint density at radius 3 is 2.50 bits per heavy atom. The number of aryl methyl sites for hydroxylation is 1. The summed E-state index contributed by atoms with van der Waals surface area (Å²) in [5.41, 5.74) is 2.30. The number of hydrogen-bond acceptors (Lipinski definition) is 0. The Kier molecular flexibility index (Phi) is 4.62. The molecule has 0 aliphatic heterocycles. The van der Waals surface area contributed by atoms with Gasteiger partial charge in [-0.1, -0.05) is 66.0 Å². The lowest BCUT2D eigenvalue weighted by atomic mass is 10.0. The highest BCUT2D eigenvalue weighted by atomic mass is 79.9. The summed E-state index contributed by atoms with van der Waals surface area (Å²) >= 11 is 10.5. The second kappa shape index (κ2) is 5.85.